The van der Waals surface area contributed by atoms with E-state index in [1.54, 1.807) is 6.07 Å². The number of nitrogens with two attached hydrogens (primary N) is 1. The monoisotopic (exact) mass is 261 g/mol. The molecule has 0 unspecified atom stereocenters. The molecule has 0 saturated heterocycles. The van der Waals surface area contributed by atoms with Crippen LogP contribution in [0.3, 0.4) is 0 Å². The van der Waals surface area contributed by atoms with Crippen molar-refractivity contribution in [2.45, 2.75) is 32.6 Å². The number of imidazole rings is 1. The first-order valence-electron chi connectivity index (χ1n) is 6.47. The molecule has 0 saturated carbocycles. The van der Waals surface area contributed by atoms with Crippen molar-refractivity contribution in [2.75, 3.05) is 6.54 Å². The number of nitrogens with zero attached hydrogens (tertiary/aromatic N) is 1. The zero-order valence-electron chi connectivity index (χ0n) is 11.6. The normalized spacial score (nSPS) is 11.8. The highest BCUT2D eigenvalue weighted by molar-refractivity contribution is 5.62. The standard InChI is InChI=1S/C15H20FN3/c1-10-13(11-5-4-6-12(16)9-11)19-14(18-10)15(2,3)7-8-17/h4-6,9H,7-8,17H2,1-3H3,(H,18,19). The van der Waals surface area contributed by atoms with Gasteiger partial charge in [0.05, 0.1) is 5.69 Å². The summed E-state index contributed by atoms with van der Waals surface area (Å²) < 4.78 is 13.3. The Bertz CT molecular complexity index is 573. The molecule has 0 bridgehead atoms. The molecular weight excluding hydrogens is 241 g/mol. The quantitative estimate of drug-likeness (QED) is 0.888. The Morgan fingerprint density at radius 3 is 2.74 bits per heavy atom. The second-order valence-corrected chi connectivity index (χ2v) is 5.49. The van der Waals surface area contributed by atoms with Crippen LogP contribution in [0.1, 0.15) is 31.8 Å². The predicted octanol–water partition coefficient (Wildman–Crippen LogP) is 3.15. The first-order valence-corrected chi connectivity index (χ1v) is 6.47. The molecule has 2 rings (SSSR count). The Labute approximate surface area is 113 Å². The van der Waals surface area contributed by atoms with Crippen molar-refractivity contribution in [1.29, 1.82) is 0 Å². The van der Waals surface area contributed by atoms with E-state index in [1.807, 2.05) is 13.0 Å². The fraction of sp³-hybridized carbons (Fsp3) is 0.400. The van der Waals surface area contributed by atoms with Crippen LogP contribution in [0, 0.1) is 12.7 Å². The molecule has 0 aliphatic heterocycles. The minimum Gasteiger partial charge on any atom is -0.345 e. The smallest absolute Gasteiger partial charge is 0.123 e. The van der Waals surface area contributed by atoms with Crippen molar-refractivity contribution in [3.8, 4) is 11.3 Å². The molecule has 19 heavy (non-hydrogen) atoms. The fourth-order valence-electron chi connectivity index (χ4n) is 2.18. The molecule has 0 amide bonds. The third-order valence-electron chi connectivity index (χ3n) is 3.39. The van der Waals surface area contributed by atoms with Gasteiger partial charge in [-0.05, 0) is 32.0 Å². The number of aryl methyl sites for hydroxylation is 1. The third-order valence-corrected chi connectivity index (χ3v) is 3.39. The Morgan fingerprint density at radius 1 is 1.37 bits per heavy atom. The van der Waals surface area contributed by atoms with Crippen LogP contribution < -0.4 is 5.73 Å². The predicted molar refractivity (Wildman–Crippen MR) is 75.4 cm³/mol. The zero-order valence-corrected chi connectivity index (χ0v) is 11.6. The van der Waals surface area contributed by atoms with E-state index in [0.717, 1.165) is 29.2 Å². The summed E-state index contributed by atoms with van der Waals surface area (Å²) in [4.78, 5) is 7.93. The van der Waals surface area contributed by atoms with Crippen LogP contribution in [0.2, 0.25) is 0 Å². The summed E-state index contributed by atoms with van der Waals surface area (Å²) in [5, 5.41) is 0. The molecule has 4 heteroatoms. The van der Waals surface area contributed by atoms with Crippen LogP contribution in [-0.4, -0.2) is 16.5 Å². The highest BCUT2D eigenvalue weighted by Crippen LogP contribution is 2.29. The highest BCUT2D eigenvalue weighted by atomic mass is 19.1. The molecule has 3 N–H and O–H groups in total. The van der Waals surface area contributed by atoms with Crippen molar-refractivity contribution in [3.63, 3.8) is 0 Å². The van der Waals surface area contributed by atoms with Gasteiger partial charge < -0.3 is 10.7 Å². The van der Waals surface area contributed by atoms with E-state index in [9.17, 15) is 4.39 Å². The first-order chi connectivity index (χ1) is 8.94. The van der Waals surface area contributed by atoms with E-state index in [-0.39, 0.29) is 11.2 Å². The second-order valence-electron chi connectivity index (χ2n) is 5.49. The summed E-state index contributed by atoms with van der Waals surface area (Å²) in [7, 11) is 0. The minimum absolute atomic E-state index is 0.106. The number of H-pyrrole nitrogens is 1. The molecule has 0 aliphatic rings. The molecule has 0 atom stereocenters. The van der Waals surface area contributed by atoms with E-state index in [0.29, 0.717) is 6.54 Å². The average Bonchev–Trinajstić information content (AvgIpc) is 2.72. The van der Waals surface area contributed by atoms with Gasteiger partial charge in [0, 0.05) is 16.7 Å². The Hall–Kier alpha value is -1.68. The Kier molecular flexibility index (Phi) is 3.71. The molecule has 1 heterocycles. The van der Waals surface area contributed by atoms with E-state index in [4.69, 9.17) is 5.73 Å². The lowest BCUT2D eigenvalue weighted by atomic mass is 9.88. The maximum atomic E-state index is 13.3. The number of nitrogens with one attached hydrogen (secondary N) is 1. The van der Waals surface area contributed by atoms with Crippen LogP contribution >= 0.6 is 0 Å². The van der Waals surface area contributed by atoms with Gasteiger partial charge in [-0.2, -0.15) is 0 Å². The lowest BCUT2D eigenvalue weighted by molar-refractivity contribution is 0.461. The molecular formula is C15H20FN3. The van der Waals surface area contributed by atoms with Gasteiger partial charge in [0.25, 0.3) is 0 Å². The first kappa shape index (κ1) is 13.7. The van der Waals surface area contributed by atoms with Gasteiger partial charge in [-0.25, -0.2) is 9.37 Å². The minimum atomic E-state index is -0.248. The van der Waals surface area contributed by atoms with E-state index >= 15 is 0 Å². The van der Waals surface area contributed by atoms with Gasteiger partial charge in [-0.15, -0.1) is 0 Å². The van der Waals surface area contributed by atoms with Gasteiger partial charge in [0.2, 0.25) is 0 Å². The Morgan fingerprint density at radius 2 is 2.11 bits per heavy atom. The average molecular weight is 261 g/mol. The molecule has 0 radical (unpaired) electrons. The van der Waals surface area contributed by atoms with Gasteiger partial charge in [-0.3, -0.25) is 0 Å². The molecule has 102 valence electrons. The van der Waals surface area contributed by atoms with Crippen molar-refractivity contribution >= 4 is 0 Å². The van der Waals surface area contributed by atoms with E-state index in [1.165, 1.54) is 12.1 Å². The largest absolute Gasteiger partial charge is 0.345 e. The van der Waals surface area contributed by atoms with Gasteiger partial charge in [0.15, 0.2) is 0 Å². The molecule has 3 nitrogen and oxygen atoms in total. The van der Waals surface area contributed by atoms with Crippen molar-refractivity contribution in [3.05, 3.63) is 41.6 Å². The molecule has 2 aromatic rings. The highest BCUT2D eigenvalue weighted by Gasteiger charge is 2.24. The molecule has 0 fully saturated rings. The number of benzene rings is 1. The number of aromatic nitrogens is 2. The maximum absolute atomic E-state index is 13.3. The summed E-state index contributed by atoms with van der Waals surface area (Å²) in [6.07, 6.45) is 0.850. The SMILES string of the molecule is Cc1[nH]c(C(C)(C)CCN)nc1-c1cccc(F)c1. The second kappa shape index (κ2) is 5.13. The topological polar surface area (TPSA) is 54.7 Å². The van der Waals surface area contributed by atoms with Crippen LogP contribution in [0.15, 0.2) is 24.3 Å². The lowest BCUT2D eigenvalue weighted by Crippen LogP contribution is -2.23. The summed E-state index contributed by atoms with van der Waals surface area (Å²) >= 11 is 0. The number of rotatable bonds is 4. The van der Waals surface area contributed by atoms with Crippen LogP contribution in [-0.2, 0) is 5.41 Å². The number of hydrogen-bond donors (Lipinski definition) is 2. The number of aromatic amines is 1. The van der Waals surface area contributed by atoms with Gasteiger partial charge in [-0.1, -0.05) is 26.0 Å². The van der Waals surface area contributed by atoms with E-state index < -0.39 is 0 Å². The molecule has 0 spiro atoms. The lowest BCUT2D eigenvalue weighted by Gasteiger charge is -2.20. The number of halogens is 1. The summed E-state index contributed by atoms with van der Waals surface area (Å²) in [6.45, 7) is 6.78. The van der Waals surface area contributed by atoms with Gasteiger partial charge >= 0.3 is 0 Å². The van der Waals surface area contributed by atoms with Crippen LogP contribution in [0.5, 0.6) is 0 Å². The summed E-state index contributed by atoms with van der Waals surface area (Å²) in [5.74, 6) is 0.650. The zero-order chi connectivity index (χ0) is 14.0. The van der Waals surface area contributed by atoms with Crippen molar-refractivity contribution < 1.29 is 4.39 Å². The summed E-state index contributed by atoms with van der Waals surface area (Å²) in [5.41, 5.74) is 8.08. The molecule has 1 aromatic heterocycles. The van der Waals surface area contributed by atoms with Crippen LogP contribution in [0.4, 0.5) is 4.39 Å². The van der Waals surface area contributed by atoms with Crippen molar-refractivity contribution in [1.82, 2.24) is 9.97 Å². The van der Waals surface area contributed by atoms with E-state index in [2.05, 4.69) is 23.8 Å². The van der Waals surface area contributed by atoms with Crippen LogP contribution in [0.25, 0.3) is 11.3 Å². The molecule has 0 aliphatic carbocycles. The number of hydrogen-bond acceptors (Lipinski definition) is 2. The Balaban J connectivity index is 2.42. The third kappa shape index (κ3) is 2.84. The molecule has 1 aromatic carbocycles. The fourth-order valence-corrected chi connectivity index (χ4v) is 2.18. The summed E-state index contributed by atoms with van der Waals surface area (Å²) in [6, 6.07) is 6.50. The maximum Gasteiger partial charge on any atom is 0.123 e. The van der Waals surface area contributed by atoms with Gasteiger partial charge in [0.1, 0.15) is 11.6 Å². The van der Waals surface area contributed by atoms with Crippen molar-refractivity contribution in [2.24, 2.45) is 5.73 Å².